The van der Waals surface area contributed by atoms with E-state index in [-0.39, 0.29) is 0 Å². The third-order valence-electron chi connectivity index (χ3n) is 5.81. The maximum Gasteiger partial charge on any atom is 0.194 e. The number of piperidine rings is 1. The van der Waals surface area contributed by atoms with E-state index in [4.69, 9.17) is 4.74 Å². The van der Waals surface area contributed by atoms with Crippen molar-refractivity contribution in [3.05, 3.63) is 11.6 Å². The Labute approximate surface area is 156 Å². The van der Waals surface area contributed by atoms with Crippen LogP contribution in [-0.4, -0.2) is 58.5 Å². The van der Waals surface area contributed by atoms with Gasteiger partial charge < -0.3 is 19.5 Å². The first-order valence-corrected chi connectivity index (χ1v) is 10.3. The molecule has 1 N–H and O–H groups in total. The number of aliphatic imine (C=N–C) groups is 1. The number of hydrogen-bond donors (Lipinski definition) is 1. The highest BCUT2D eigenvalue weighted by Crippen LogP contribution is 2.30. The van der Waals surface area contributed by atoms with E-state index in [0.29, 0.717) is 12.6 Å². The fraction of sp³-hybridized carbons (Fsp3) is 0.842. The zero-order chi connectivity index (χ0) is 17.8. The fourth-order valence-electron chi connectivity index (χ4n) is 3.96. The van der Waals surface area contributed by atoms with Gasteiger partial charge in [0.1, 0.15) is 5.82 Å². The second-order valence-corrected chi connectivity index (χ2v) is 7.86. The molecular weight excluding hydrogens is 328 g/mol. The Morgan fingerprint density at radius 1 is 1.12 bits per heavy atom. The topological polar surface area (TPSA) is 67.6 Å². The minimum atomic E-state index is 0.428. The summed E-state index contributed by atoms with van der Waals surface area (Å²) in [6, 6.07) is 0. The number of ether oxygens (including phenoxy) is 1. The predicted molar refractivity (Wildman–Crippen MR) is 101 cm³/mol. The molecule has 0 bridgehead atoms. The van der Waals surface area contributed by atoms with Gasteiger partial charge >= 0.3 is 0 Å². The van der Waals surface area contributed by atoms with Crippen LogP contribution < -0.4 is 5.32 Å². The lowest BCUT2D eigenvalue weighted by Gasteiger charge is -2.34. The van der Waals surface area contributed by atoms with Gasteiger partial charge in [-0.1, -0.05) is 6.42 Å². The lowest BCUT2D eigenvalue weighted by atomic mass is 10.1. The Morgan fingerprint density at radius 2 is 1.96 bits per heavy atom. The highest BCUT2D eigenvalue weighted by Gasteiger charge is 2.26. The number of aromatic nitrogens is 3. The molecule has 0 aromatic carbocycles. The summed E-state index contributed by atoms with van der Waals surface area (Å²) in [5.41, 5.74) is 0. The predicted octanol–water partition coefficient (Wildman–Crippen LogP) is 1.97. The van der Waals surface area contributed by atoms with E-state index in [2.05, 4.69) is 30.0 Å². The molecule has 7 heteroatoms. The van der Waals surface area contributed by atoms with Crippen molar-refractivity contribution in [3.63, 3.8) is 0 Å². The molecule has 1 aliphatic carbocycles. The van der Waals surface area contributed by atoms with Gasteiger partial charge in [0.25, 0.3) is 0 Å². The molecule has 0 spiro atoms. The molecule has 1 saturated heterocycles. The van der Waals surface area contributed by atoms with Crippen LogP contribution >= 0.6 is 0 Å². The number of nitrogens with zero attached hydrogens (tertiary/aromatic N) is 5. The Bertz CT molecular complexity index is 616. The average Bonchev–Trinajstić information content (AvgIpc) is 3.47. The summed E-state index contributed by atoms with van der Waals surface area (Å²) >= 11 is 0. The highest BCUT2D eigenvalue weighted by atomic mass is 16.5. The number of nitrogens with one attached hydrogen (secondary N) is 1. The molecule has 1 saturated carbocycles. The van der Waals surface area contributed by atoms with Gasteiger partial charge in [0.05, 0.1) is 12.6 Å². The standard InChI is InChI=1S/C19H32N6O/c1-20-19(24-11-8-16(9-12-24)26-14-15-6-7-15)21-13-18-23-22-17-5-3-2-4-10-25(17)18/h15-16H,2-14H2,1H3,(H,20,21). The number of aryl methyl sites for hydroxylation is 1. The van der Waals surface area contributed by atoms with Crippen LogP contribution in [-0.2, 0) is 24.2 Å². The van der Waals surface area contributed by atoms with Crippen molar-refractivity contribution in [3.8, 4) is 0 Å². The average molecular weight is 361 g/mol. The number of rotatable bonds is 5. The summed E-state index contributed by atoms with van der Waals surface area (Å²) in [6.45, 7) is 4.72. The van der Waals surface area contributed by atoms with Crippen molar-refractivity contribution in [1.82, 2.24) is 25.0 Å². The van der Waals surface area contributed by atoms with Crippen molar-refractivity contribution < 1.29 is 4.74 Å². The van der Waals surface area contributed by atoms with Gasteiger partial charge in [-0.3, -0.25) is 4.99 Å². The first-order chi connectivity index (χ1) is 12.8. The van der Waals surface area contributed by atoms with E-state index < -0.39 is 0 Å². The molecule has 2 fully saturated rings. The van der Waals surface area contributed by atoms with Gasteiger partial charge in [-0.25, -0.2) is 0 Å². The van der Waals surface area contributed by atoms with Crippen LogP contribution in [0.15, 0.2) is 4.99 Å². The van der Waals surface area contributed by atoms with Crippen LogP contribution in [0.4, 0.5) is 0 Å². The second-order valence-electron chi connectivity index (χ2n) is 7.86. The van der Waals surface area contributed by atoms with Crippen LogP contribution in [0, 0.1) is 5.92 Å². The van der Waals surface area contributed by atoms with E-state index in [0.717, 1.165) is 69.0 Å². The van der Waals surface area contributed by atoms with Gasteiger partial charge in [0, 0.05) is 39.7 Å². The molecule has 0 radical (unpaired) electrons. The molecule has 2 aliphatic heterocycles. The van der Waals surface area contributed by atoms with Crippen LogP contribution in [0.2, 0.25) is 0 Å². The van der Waals surface area contributed by atoms with E-state index in [1.165, 1.54) is 32.1 Å². The fourth-order valence-corrected chi connectivity index (χ4v) is 3.96. The summed E-state index contributed by atoms with van der Waals surface area (Å²) in [7, 11) is 1.86. The van der Waals surface area contributed by atoms with Gasteiger partial charge in [-0.05, 0) is 44.4 Å². The Hall–Kier alpha value is -1.63. The molecule has 0 amide bonds. The molecule has 0 atom stereocenters. The molecule has 3 heterocycles. The van der Waals surface area contributed by atoms with E-state index in [9.17, 15) is 0 Å². The van der Waals surface area contributed by atoms with Gasteiger partial charge in [-0.15, -0.1) is 10.2 Å². The van der Waals surface area contributed by atoms with E-state index >= 15 is 0 Å². The zero-order valence-electron chi connectivity index (χ0n) is 16.0. The van der Waals surface area contributed by atoms with Crippen LogP contribution in [0.5, 0.6) is 0 Å². The molecule has 26 heavy (non-hydrogen) atoms. The quantitative estimate of drug-likeness (QED) is 0.642. The molecule has 144 valence electrons. The van der Waals surface area contributed by atoms with Crippen molar-refractivity contribution in [2.24, 2.45) is 10.9 Å². The first-order valence-electron chi connectivity index (χ1n) is 10.3. The Balaban J connectivity index is 1.26. The normalized spacial score (nSPS) is 22.2. The molecule has 0 unspecified atom stereocenters. The van der Waals surface area contributed by atoms with Gasteiger partial charge in [0.15, 0.2) is 11.8 Å². The third kappa shape index (κ3) is 4.37. The summed E-state index contributed by atoms with van der Waals surface area (Å²) in [4.78, 5) is 6.83. The van der Waals surface area contributed by atoms with Crippen molar-refractivity contribution in [1.29, 1.82) is 0 Å². The Morgan fingerprint density at radius 3 is 2.73 bits per heavy atom. The third-order valence-corrected chi connectivity index (χ3v) is 5.81. The van der Waals surface area contributed by atoms with E-state index in [1.54, 1.807) is 0 Å². The maximum atomic E-state index is 6.05. The van der Waals surface area contributed by atoms with Crippen LogP contribution in [0.1, 0.15) is 56.6 Å². The lowest BCUT2D eigenvalue weighted by molar-refractivity contribution is 0.0131. The number of fused-ring (bicyclic) bond motifs is 1. The first kappa shape index (κ1) is 17.8. The number of hydrogen-bond acceptors (Lipinski definition) is 4. The van der Waals surface area contributed by atoms with Crippen LogP contribution in [0.25, 0.3) is 0 Å². The number of likely N-dealkylation sites (tertiary alicyclic amines) is 1. The second kappa shape index (κ2) is 8.37. The molecule has 3 aliphatic rings. The summed E-state index contributed by atoms with van der Waals surface area (Å²) < 4.78 is 8.35. The summed E-state index contributed by atoms with van der Waals surface area (Å²) in [5, 5.41) is 12.3. The summed E-state index contributed by atoms with van der Waals surface area (Å²) in [5.74, 6) is 3.99. The molecule has 1 aromatic heterocycles. The maximum absolute atomic E-state index is 6.05. The molecular formula is C19H32N6O. The van der Waals surface area contributed by atoms with Crippen molar-refractivity contribution >= 4 is 5.96 Å². The smallest absolute Gasteiger partial charge is 0.194 e. The SMILES string of the molecule is CN=C(NCc1nnc2n1CCCCC2)N1CCC(OCC2CC2)CC1. The monoisotopic (exact) mass is 360 g/mol. The highest BCUT2D eigenvalue weighted by molar-refractivity contribution is 5.79. The van der Waals surface area contributed by atoms with Crippen molar-refractivity contribution in [2.45, 2.75) is 70.6 Å². The van der Waals surface area contributed by atoms with Gasteiger partial charge in [0.2, 0.25) is 0 Å². The minimum absolute atomic E-state index is 0.428. The van der Waals surface area contributed by atoms with E-state index in [1.807, 2.05) is 7.05 Å². The molecule has 1 aromatic rings. The largest absolute Gasteiger partial charge is 0.378 e. The minimum Gasteiger partial charge on any atom is -0.378 e. The Kier molecular flexibility index (Phi) is 5.72. The van der Waals surface area contributed by atoms with Crippen molar-refractivity contribution in [2.75, 3.05) is 26.7 Å². The molecule has 7 nitrogen and oxygen atoms in total. The number of guanidine groups is 1. The molecule has 4 rings (SSSR count). The zero-order valence-corrected chi connectivity index (χ0v) is 16.0. The van der Waals surface area contributed by atoms with Crippen LogP contribution in [0.3, 0.4) is 0 Å². The lowest BCUT2D eigenvalue weighted by Crippen LogP contribution is -2.47. The van der Waals surface area contributed by atoms with Gasteiger partial charge in [-0.2, -0.15) is 0 Å². The summed E-state index contributed by atoms with van der Waals surface area (Å²) in [6.07, 6.45) is 10.1.